The highest BCUT2D eigenvalue weighted by atomic mass is 35.5. The van der Waals surface area contributed by atoms with Crippen molar-refractivity contribution in [2.24, 2.45) is 5.73 Å². The Morgan fingerprint density at radius 3 is 2.24 bits per heavy atom. The van der Waals surface area contributed by atoms with Crippen LogP contribution in [0.25, 0.3) is 0 Å². The van der Waals surface area contributed by atoms with Gasteiger partial charge in [-0.25, -0.2) is 0 Å². The van der Waals surface area contributed by atoms with Crippen LogP contribution in [0.4, 0.5) is 0 Å². The van der Waals surface area contributed by atoms with Crippen LogP contribution < -0.4 is 5.73 Å². The third-order valence-electron chi connectivity index (χ3n) is 4.13. The van der Waals surface area contributed by atoms with Crippen LogP contribution in [-0.4, -0.2) is 30.1 Å². The largest absolute Gasteiger partial charge is 0.329 e. The quantitative estimate of drug-likeness (QED) is 0.788. The van der Waals surface area contributed by atoms with Gasteiger partial charge in [-0.15, -0.1) is 24.8 Å². The minimum atomic E-state index is 0. The van der Waals surface area contributed by atoms with E-state index in [1.165, 1.54) is 45.2 Å². The van der Waals surface area contributed by atoms with Gasteiger partial charge >= 0.3 is 0 Å². The highest BCUT2D eigenvalue weighted by Crippen LogP contribution is 2.33. The molecule has 0 unspecified atom stereocenters. The Kier molecular flexibility index (Phi) is 7.08. The van der Waals surface area contributed by atoms with Crippen LogP contribution >= 0.6 is 24.8 Å². The number of halogens is 2. The van der Waals surface area contributed by atoms with Crippen molar-refractivity contribution in [3.05, 3.63) is 11.1 Å². The maximum absolute atomic E-state index is 5.85. The van der Waals surface area contributed by atoms with Crippen molar-refractivity contribution in [2.45, 2.75) is 51.5 Å². The van der Waals surface area contributed by atoms with Gasteiger partial charge in [0.1, 0.15) is 0 Å². The lowest BCUT2D eigenvalue weighted by molar-refractivity contribution is 0.130. The lowest BCUT2D eigenvalue weighted by Gasteiger charge is -2.42. The van der Waals surface area contributed by atoms with Gasteiger partial charge < -0.3 is 5.73 Å². The van der Waals surface area contributed by atoms with Gasteiger partial charge in [0.2, 0.25) is 0 Å². The van der Waals surface area contributed by atoms with Gasteiger partial charge in [0, 0.05) is 25.2 Å². The van der Waals surface area contributed by atoms with Crippen molar-refractivity contribution in [1.29, 1.82) is 0 Å². The van der Waals surface area contributed by atoms with E-state index < -0.39 is 0 Å². The molecule has 0 aromatic rings. The van der Waals surface area contributed by atoms with Crippen LogP contribution in [0.1, 0.15) is 46.0 Å². The molecule has 17 heavy (non-hydrogen) atoms. The molecule has 2 nitrogen and oxygen atoms in total. The second-order valence-corrected chi connectivity index (χ2v) is 5.60. The van der Waals surface area contributed by atoms with Crippen LogP contribution in [-0.2, 0) is 0 Å². The fourth-order valence-corrected chi connectivity index (χ4v) is 2.75. The van der Waals surface area contributed by atoms with Crippen LogP contribution in [0.2, 0.25) is 0 Å². The first-order valence-electron chi connectivity index (χ1n) is 6.28. The number of hydrogen-bond acceptors (Lipinski definition) is 2. The summed E-state index contributed by atoms with van der Waals surface area (Å²) < 4.78 is 0. The molecule has 0 bridgehead atoms. The first-order valence-corrected chi connectivity index (χ1v) is 6.28. The minimum absolute atomic E-state index is 0. The molecule has 2 N–H and O–H groups in total. The van der Waals surface area contributed by atoms with E-state index in [2.05, 4.69) is 18.7 Å². The van der Waals surface area contributed by atoms with Crippen molar-refractivity contribution in [3.63, 3.8) is 0 Å². The van der Waals surface area contributed by atoms with Gasteiger partial charge in [0.15, 0.2) is 0 Å². The zero-order valence-electron chi connectivity index (χ0n) is 11.0. The number of rotatable bonds is 2. The van der Waals surface area contributed by atoms with Gasteiger partial charge in [-0.05, 0) is 46.0 Å². The van der Waals surface area contributed by atoms with Crippen LogP contribution in [0.15, 0.2) is 11.1 Å². The van der Waals surface area contributed by atoms with Crippen molar-refractivity contribution < 1.29 is 0 Å². The van der Waals surface area contributed by atoms with Crippen molar-refractivity contribution in [1.82, 2.24) is 4.90 Å². The molecule has 2 rings (SSSR count). The summed E-state index contributed by atoms with van der Waals surface area (Å²) in [7, 11) is 0. The summed E-state index contributed by atoms with van der Waals surface area (Å²) in [5.74, 6) is 0. The lowest BCUT2D eigenvalue weighted by atomic mass is 9.85. The Hall–Kier alpha value is 0.240. The number of nitrogens with two attached hydrogens (primary N) is 1. The molecular formula is C13H26Cl2N2. The van der Waals surface area contributed by atoms with E-state index in [1.807, 2.05) is 0 Å². The Bertz CT molecular complexity index is 275. The lowest BCUT2D eigenvalue weighted by Crippen LogP contribution is -2.52. The zero-order chi connectivity index (χ0) is 10.9. The molecule has 0 aromatic heterocycles. The van der Waals surface area contributed by atoms with Crippen LogP contribution in [0.3, 0.4) is 0 Å². The summed E-state index contributed by atoms with van der Waals surface area (Å²) in [4.78, 5) is 2.57. The summed E-state index contributed by atoms with van der Waals surface area (Å²) in [6.07, 6.45) is 6.81. The predicted molar refractivity (Wildman–Crippen MR) is 79.3 cm³/mol. The second-order valence-electron chi connectivity index (χ2n) is 5.60. The molecule has 0 saturated carbocycles. The molecule has 102 valence electrons. The minimum Gasteiger partial charge on any atom is -0.329 e. The summed E-state index contributed by atoms with van der Waals surface area (Å²) >= 11 is 0. The highest BCUT2D eigenvalue weighted by molar-refractivity contribution is 5.85. The van der Waals surface area contributed by atoms with E-state index >= 15 is 0 Å². The van der Waals surface area contributed by atoms with E-state index in [9.17, 15) is 0 Å². The molecule has 2 aliphatic rings. The van der Waals surface area contributed by atoms with E-state index in [0.29, 0.717) is 0 Å². The molecule has 1 aliphatic heterocycles. The first-order chi connectivity index (χ1) is 7.13. The molecular weight excluding hydrogens is 255 g/mol. The summed E-state index contributed by atoms with van der Waals surface area (Å²) in [6.45, 7) is 7.68. The summed E-state index contributed by atoms with van der Waals surface area (Å²) in [6, 6.07) is 0. The molecule has 1 aliphatic carbocycles. The smallest absolute Gasteiger partial charge is 0.0278 e. The Morgan fingerprint density at radius 2 is 1.65 bits per heavy atom. The predicted octanol–water partition coefficient (Wildman–Crippen LogP) is 3.14. The third-order valence-corrected chi connectivity index (χ3v) is 4.13. The average molecular weight is 281 g/mol. The molecule has 0 saturated heterocycles. The van der Waals surface area contributed by atoms with Crippen molar-refractivity contribution in [2.75, 3.05) is 19.6 Å². The average Bonchev–Trinajstić information content (AvgIpc) is 2.28. The maximum Gasteiger partial charge on any atom is 0.0278 e. The molecule has 0 amide bonds. The highest BCUT2D eigenvalue weighted by Gasteiger charge is 2.30. The standard InChI is InChI=1S/C13H24N2.2ClH/c1-13(2,10-14)15-8-7-11-5-3-4-6-12(11)9-15;;/h3-10,14H2,1-2H3;2*1H. The molecule has 0 aromatic carbocycles. The van der Waals surface area contributed by atoms with Gasteiger partial charge in [0.25, 0.3) is 0 Å². The molecule has 0 fully saturated rings. The van der Waals surface area contributed by atoms with Gasteiger partial charge in [-0.2, -0.15) is 0 Å². The monoisotopic (exact) mass is 280 g/mol. The molecule has 1 heterocycles. The molecule has 0 atom stereocenters. The molecule has 0 radical (unpaired) electrons. The summed E-state index contributed by atoms with van der Waals surface area (Å²) in [5.41, 5.74) is 9.52. The number of hydrogen-bond donors (Lipinski definition) is 1. The molecule has 0 spiro atoms. The van der Waals surface area contributed by atoms with Crippen molar-refractivity contribution >= 4 is 24.8 Å². The van der Waals surface area contributed by atoms with Crippen LogP contribution in [0, 0.1) is 0 Å². The Labute approximate surface area is 118 Å². The topological polar surface area (TPSA) is 29.3 Å². The maximum atomic E-state index is 5.85. The van der Waals surface area contributed by atoms with E-state index in [-0.39, 0.29) is 30.4 Å². The molecule has 4 heteroatoms. The van der Waals surface area contributed by atoms with Gasteiger partial charge in [-0.1, -0.05) is 11.1 Å². The van der Waals surface area contributed by atoms with E-state index in [0.717, 1.165) is 6.54 Å². The SMILES string of the molecule is CC(C)(CN)N1CCC2=C(CCCC2)C1.Cl.Cl. The van der Waals surface area contributed by atoms with Crippen LogP contribution in [0.5, 0.6) is 0 Å². The van der Waals surface area contributed by atoms with E-state index in [1.54, 1.807) is 11.1 Å². The number of nitrogens with zero attached hydrogens (tertiary/aromatic N) is 1. The van der Waals surface area contributed by atoms with Gasteiger partial charge in [-0.3, -0.25) is 4.90 Å². The Morgan fingerprint density at radius 1 is 1.06 bits per heavy atom. The third kappa shape index (κ3) is 3.85. The van der Waals surface area contributed by atoms with Crippen molar-refractivity contribution in [3.8, 4) is 0 Å². The zero-order valence-corrected chi connectivity index (χ0v) is 12.6. The summed E-state index contributed by atoms with van der Waals surface area (Å²) in [5, 5.41) is 0. The van der Waals surface area contributed by atoms with Gasteiger partial charge in [0.05, 0.1) is 0 Å². The normalized spacial score (nSPS) is 21.4. The fraction of sp³-hybridized carbons (Fsp3) is 0.846. The van der Waals surface area contributed by atoms with E-state index in [4.69, 9.17) is 5.73 Å². The Balaban J connectivity index is 0.00000128. The first kappa shape index (κ1) is 17.2. The second kappa shape index (κ2) is 6.98. The fourth-order valence-electron chi connectivity index (χ4n) is 2.75.